The molecule has 0 aliphatic carbocycles. The number of ether oxygens (including phenoxy) is 1. The predicted octanol–water partition coefficient (Wildman–Crippen LogP) is 2.59. The minimum absolute atomic E-state index is 0.0527. The summed E-state index contributed by atoms with van der Waals surface area (Å²) in [5, 5.41) is 5.72. The number of para-hydroxylation sites is 1. The first-order valence-electron chi connectivity index (χ1n) is 9.23. The maximum absolute atomic E-state index is 12.7. The Morgan fingerprint density at radius 1 is 1.11 bits per heavy atom. The van der Waals surface area contributed by atoms with E-state index in [1.807, 2.05) is 45.0 Å². The molecule has 2 N–H and O–H groups in total. The van der Waals surface area contributed by atoms with E-state index in [4.69, 9.17) is 4.74 Å². The van der Waals surface area contributed by atoms with Crippen molar-refractivity contribution in [2.24, 2.45) is 5.92 Å². The molecule has 0 radical (unpaired) electrons. The third kappa shape index (κ3) is 6.09. The molecular formula is C21H27N3O3. The molecule has 0 bridgehead atoms. The highest BCUT2D eigenvalue weighted by atomic mass is 16.5. The van der Waals surface area contributed by atoms with Crippen LogP contribution in [0, 0.1) is 5.92 Å². The summed E-state index contributed by atoms with van der Waals surface area (Å²) in [6.45, 7) is 6.59. The Morgan fingerprint density at radius 3 is 2.52 bits per heavy atom. The first-order valence-corrected chi connectivity index (χ1v) is 9.23. The minimum atomic E-state index is -0.629. The summed E-state index contributed by atoms with van der Waals surface area (Å²) in [5.41, 5.74) is 1.33. The van der Waals surface area contributed by atoms with Gasteiger partial charge in [0.1, 0.15) is 11.8 Å². The minimum Gasteiger partial charge on any atom is -0.493 e. The van der Waals surface area contributed by atoms with Crippen molar-refractivity contribution in [1.29, 1.82) is 0 Å². The Labute approximate surface area is 160 Å². The van der Waals surface area contributed by atoms with Gasteiger partial charge in [0.2, 0.25) is 5.91 Å². The number of pyridine rings is 1. The number of rotatable bonds is 9. The van der Waals surface area contributed by atoms with Crippen LogP contribution < -0.4 is 15.4 Å². The molecule has 0 fully saturated rings. The second-order valence-electron chi connectivity index (χ2n) is 6.49. The van der Waals surface area contributed by atoms with Crippen molar-refractivity contribution in [2.75, 3.05) is 13.2 Å². The highest BCUT2D eigenvalue weighted by Crippen LogP contribution is 2.18. The predicted molar refractivity (Wildman–Crippen MR) is 105 cm³/mol. The molecule has 0 unspecified atom stereocenters. The molecule has 1 aromatic heterocycles. The number of hydrogen-bond acceptors (Lipinski definition) is 4. The highest BCUT2D eigenvalue weighted by Gasteiger charge is 2.25. The van der Waals surface area contributed by atoms with Crippen LogP contribution in [-0.2, 0) is 11.2 Å². The third-order valence-corrected chi connectivity index (χ3v) is 4.07. The molecule has 2 aromatic rings. The Kier molecular flexibility index (Phi) is 7.79. The molecule has 2 amide bonds. The first kappa shape index (κ1) is 20.4. The van der Waals surface area contributed by atoms with E-state index in [2.05, 4.69) is 15.6 Å². The number of carbonyl (C=O) groups is 2. The van der Waals surface area contributed by atoms with Gasteiger partial charge in [0.05, 0.1) is 12.2 Å². The normalized spacial score (nSPS) is 11.7. The van der Waals surface area contributed by atoms with Crippen molar-refractivity contribution in [3.8, 4) is 5.75 Å². The zero-order chi connectivity index (χ0) is 19.6. The van der Waals surface area contributed by atoms with Crippen molar-refractivity contribution in [3.05, 3.63) is 59.9 Å². The molecule has 0 saturated heterocycles. The fourth-order valence-corrected chi connectivity index (χ4v) is 2.66. The van der Waals surface area contributed by atoms with Crippen molar-refractivity contribution in [3.63, 3.8) is 0 Å². The highest BCUT2D eigenvalue weighted by molar-refractivity contribution is 5.99. The van der Waals surface area contributed by atoms with Crippen LogP contribution in [0.4, 0.5) is 0 Å². The maximum atomic E-state index is 12.7. The number of nitrogens with one attached hydrogen (secondary N) is 2. The Hall–Kier alpha value is -2.89. The number of benzene rings is 1. The van der Waals surface area contributed by atoms with E-state index in [0.29, 0.717) is 30.9 Å². The lowest BCUT2D eigenvalue weighted by Gasteiger charge is -2.22. The van der Waals surface area contributed by atoms with E-state index in [1.165, 1.54) is 0 Å². The number of aromatic nitrogens is 1. The van der Waals surface area contributed by atoms with Gasteiger partial charge in [-0.2, -0.15) is 0 Å². The van der Waals surface area contributed by atoms with Crippen LogP contribution >= 0.6 is 0 Å². The van der Waals surface area contributed by atoms with Crippen LogP contribution in [0.15, 0.2) is 48.7 Å². The number of amides is 2. The Morgan fingerprint density at radius 2 is 1.85 bits per heavy atom. The molecule has 27 heavy (non-hydrogen) atoms. The first-order chi connectivity index (χ1) is 13.0. The Balaban J connectivity index is 1.98. The topological polar surface area (TPSA) is 80.3 Å². The SMILES string of the molecule is CCOc1ccccc1C(=O)N[C@H](C(=O)NCCc1ccccn1)C(C)C. The lowest BCUT2D eigenvalue weighted by molar-refractivity contribution is -0.123. The molecule has 0 spiro atoms. The molecule has 0 aliphatic heterocycles. The van der Waals surface area contributed by atoms with Crippen LogP contribution in [-0.4, -0.2) is 36.0 Å². The van der Waals surface area contributed by atoms with Gasteiger partial charge in [0, 0.05) is 24.9 Å². The number of carbonyl (C=O) groups excluding carboxylic acids is 2. The maximum Gasteiger partial charge on any atom is 0.255 e. The fourth-order valence-electron chi connectivity index (χ4n) is 2.66. The molecule has 0 aliphatic rings. The summed E-state index contributed by atoms with van der Waals surface area (Å²) >= 11 is 0. The second-order valence-corrected chi connectivity index (χ2v) is 6.49. The number of hydrogen-bond donors (Lipinski definition) is 2. The summed E-state index contributed by atoms with van der Waals surface area (Å²) in [5.74, 6) is -0.0700. The molecule has 6 nitrogen and oxygen atoms in total. The van der Waals surface area contributed by atoms with E-state index in [-0.39, 0.29) is 17.7 Å². The van der Waals surface area contributed by atoms with Gasteiger partial charge in [-0.1, -0.05) is 32.0 Å². The van der Waals surface area contributed by atoms with Crippen molar-refractivity contribution < 1.29 is 14.3 Å². The summed E-state index contributed by atoms with van der Waals surface area (Å²) in [7, 11) is 0. The quantitative estimate of drug-likeness (QED) is 0.712. The molecule has 1 atom stereocenters. The zero-order valence-electron chi connectivity index (χ0n) is 16.1. The largest absolute Gasteiger partial charge is 0.493 e. The van der Waals surface area contributed by atoms with E-state index in [1.54, 1.807) is 24.4 Å². The average molecular weight is 369 g/mol. The van der Waals surface area contributed by atoms with Gasteiger partial charge in [-0.25, -0.2) is 0 Å². The van der Waals surface area contributed by atoms with Gasteiger partial charge in [-0.05, 0) is 37.1 Å². The number of nitrogens with zero attached hydrogens (tertiary/aromatic N) is 1. The van der Waals surface area contributed by atoms with E-state index < -0.39 is 6.04 Å². The summed E-state index contributed by atoms with van der Waals surface area (Å²) in [4.78, 5) is 29.5. The van der Waals surface area contributed by atoms with Crippen LogP contribution in [0.1, 0.15) is 36.8 Å². The van der Waals surface area contributed by atoms with Crippen LogP contribution in [0.2, 0.25) is 0 Å². The molecule has 2 rings (SSSR count). The van der Waals surface area contributed by atoms with Crippen molar-refractivity contribution in [2.45, 2.75) is 33.2 Å². The fraction of sp³-hybridized carbons (Fsp3) is 0.381. The van der Waals surface area contributed by atoms with Crippen molar-refractivity contribution >= 4 is 11.8 Å². The van der Waals surface area contributed by atoms with Gasteiger partial charge in [0.25, 0.3) is 5.91 Å². The molecule has 6 heteroatoms. The van der Waals surface area contributed by atoms with Crippen molar-refractivity contribution in [1.82, 2.24) is 15.6 Å². The van der Waals surface area contributed by atoms with Gasteiger partial charge >= 0.3 is 0 Å². The van der Waals surface area contributed by atoms with Gasteiger partial charge in [0.15, 0.2) is 0 Å². The monoisotopic (exact) mass is 369 g/mol. The van der Waals surface area contributed by atoms with Gasteiger partial charge in [-0.15, -0.1) is 0 Å². The van der Waals surface area contributed by atoms with Crippen LogP contribution in [0.3, 0.4) is 0 Å². The smallest absolute Gasteiger partial charge is 0.255 e. The van der Waals surface area contributed by atoms with Gasteiger partial charge in [-0.3, -0.25) is 14.6 Å². The van der Waals surface area contributed by atoms with E-state index in [9.17, 15) is 9.59 Å². The van der Waals surface area contributed by atoms with Crippen LogP contribution in [0.5, 0.6) is 5.75 Å². The van der Waals surface area contributed by atoms with E-state index >= 15 is 0 Å². The molecule has 1 aromatic carbocycles. The average Bonchev–Trinajstić information content (AvgIpc) is 2.67. The third-order valence-electron chi connectivity index (χ3n) is 4.07. The summed E-state index contributed by atoms with van der Waals surface area (Å²) < 4.78 is 5.51. The Bertz CT molecular complexity index is 747. The second kappa shape index (κ2) is 10.3. The summed E-state index contributed by atoms with van der Waals surface area (Å²) in [6, 6.07) is 12.1. The molecule has 144 valence electrons. The lowest BCUT2D eigenvalue weighted by atomic mass is 10.0. The van der Waals surface area contributed by atoms with Gasteiger partial charge < -0.3 is 15.4 Å². The van der Waals surface area contributed by atoms with E-state index in [0.717, 1.165) is 5.69 Å². The summed E-state index contributed by atoms with van der Waals surface area (Å²) in [6.07, 6.45) is 2.36. The molecule has 0 saturated carbocycles. The lowest BCUT2D eigenvalue weighted by Crippen LogP contribution is -2.50. The van der Waals surface area contributed by atoms with Crippen LogP contribution in [0.25, 0.3) is 0 Å². The standard InChI is InChI=1S/C21H27N3O3/c1-4-27-18-11-6-5-10-17(18)20(25)24-19(15(2)3)21(26)23-14-12-16-9-7-8-13-22-16/h5-11,13,15,19H,4,12,14H2,1-3H3,(H,23,26)(H,24,25)/t19-/m0/s1. The molecular weight excluding hydrogens is 342 g/mol. The zero-order valence-corrected chi connectivity index (χ0v) is 16.1. The molecule has 1 heterocycles.